The number of nitrogens with one attached hydrogen (secondary N) is 1. The molecule has 1 aromatic rings. The molecule has 0 aliphatic carbocycles. The minimum Gasteiger partial charge on any atom is -0.480 e. The first kappa shape index (κ1) is 16.4. The lowest BCUT2D eigenvalue weighted by atomic mass is 10.1. The number of carbonyl (C=O) groups excluding carboxylic acids is 1. The molecule has 110 valence electrons. The summed E-state index contributed by atoms with van der Waals surface area (Å²) in [6, 6.07) is 0.143. The van der Waals surface area contributed by atoms with E-state index in [2.05, 4.69) is 5.32 Å². The molecule has 20 heavy (non-hydrogen) atoms. The number of carboxylic acids is 1. The van der Waals surface area contributed by atoms with Crippen molar-refractivity contribution < 1.29 is 27.9 Å². The average Bonchev–Trinajstić information content (AvgIpc) is 2.40. The van der Waals surface area contributed by atoms with Gasteiger partial charge >= 0.3 is 5.97 Å². The van der Waals surface area contributed by atoms with Crippen LogP contribution in [0.3, 0.4) is 0 Å². The molecule has 2 N–H and O–H groups in total. The SMILES string of the molecule is CSCC[C@@H](NC(=O)c1ccc(F)c(F)c1F)C(=O)O. The Kier molecular flexibility index (Phi) is 5.87. The van der Waals surface area contributed by atoms with Gasteiger partial charge in [0.05, 0.1) is 5.56 Å². The number of thioether (sulfide) groups is 1. The van der Waals surface area contributed by atoms with Crippen molar-refractivity contribution in [3.05, 3.63) is 35.1 Å². The van der Waals surface area contributed by atoms with E-state index in [1.165, 1.54) is 11.8 Å². The second-order valence-electron chi connectivity index (χ2n) is 3.87. The molecule has 8 heteroatoms. The molecule has 0 saturated heterocycles. The van der Waals surface area contributed by atoms with Crippen molar-refractivity contribution in [2.75, 3.05) is 12.0 Å². The highest BCUT2D eigenvalue weighted by molar-refractivity contribution is 7.98. The maximum Gasteiger partial charge on any atom is 0.326 e. The van der Waals surface area contributed by atoms with Crippen molar-refractivity contribution in [3.63, 3.8) is 0 Å². The van der Waals surface area contributed by atoms with Crippen LogP contribution in [0.25, 0.3) is 0 Å². The molecule has 0 saturated carbocycles. The first-order valence-corrected chi connectivity index (χ1v) is 6.94. The van der Waals surface area contributed by atoms with Gasteiger partial charge in [-0.25, -0.2) is 18.0 Å². The molecule has 0 radical (unpaired) electrons. The van der Waals surface area contributed by atoms with Crippen molar-refractivity contribution in [2.45, 2.75) is 12.5 Å². The predicted molar refractivity (Wildman–Crippen MR) is 68.2 cm³/mol. The van der Waals surface area contributed by atoms with Crippen LogP contribution in [0, 0.1) is 17.5 Å². The topological polar surface area (TPSA) is 66.4 Å². The molecule has 0 heterocycles. The third-order valence-electron chi connectivity index (χ3n) is 2.49. The van der Waals surface area contributed by atoms with E-state index < -0.39 is 40.9 Å². The van der Waals surface area contributed by atoms with Gasteiger partial charge < -0.3 is 10.4 Å². The van der Waals surface area contributed by atoms with E-state index in [4.69, 9.17) is 5.11 Å². The van der Waals surface area contributed by atoms with Gasteiger partial charge in [0.25, 0.3) is 5.91 Å². The molecular formula is C12H12F3NO3S. The minimum atomic E-state index is -1.77. The van der Waals surface area contributed by atoms with Gasteiger partial charge in [-0.3, -0.25) is 4.79 Å². The third kappa shape index (κ3) is 3.89. The lowest BCUT2D eigenvalue weighted by Crippen LogP contribution is -2.41. The summed E-state index contributed by atoms with van der Waals surface area (Å²) in [4.78, 5) is 22.6. The fraction of sp³-hybridized carbons (Fsp3) is 0.333. The summed E-state index contributed by atoms with van der Waals surface area (Å²) in [5, 5.41) is 11.0. The summed E-state index contributed by atoms with van der Waals surface area (Å²) in [6.07, 6.45) is 1.89. The molecule has 0 aliphatic heterocycles. The number of hydrogen-bond donors (Lipinski definition) is 2. The van der Waals surface area contributed by atoms with E-state index in [-0.39, 0.29) is 6.42 Å². The Labute approximate surface area is 117 Å². The van der Waals surface area contributed by atoms with Crippen LogP contribution in [0.1, 0.15) is 16.8 Å². The van der Waals surface area contributed by atoms with Crippen LogP contribution in [-0.4, -0.2) is 35.0 Å². The molecule has 4 nitrogen and oxygen atoms in total. The van der Waals surface area contributed by atoms with Crippen LogP contribution in [0.4, 0.5) is 13.2 Å². The van der Waals surface area contributed by atoms with E-state index in [1.54, 1.807) is 6.26 Å². The van der Waals surface area contributed by atoms with E-state index in [0.717, 1.165) is 6.07 Å². The first-order valence-electron chi connectivity index (χ1n) is 5.54. The van der Waals surface area contributed by atoms with Crippen LogP contribution in [0.15, 0.2) is 12.1 Å². The van der Waals surface area contributed by atoms with E-state index >= 15 is 0 Å². The lowest BCUT2D eigenvalue weighted by molar-refractivity contribution is -0.139. The standard InChI is InChI=1S/C12H12F3NO3S/c1-20-5-4-8(12(18)19)16-11(17)6-2-3-7(13)10(15)9(6)14/h2-3,8H,4-5H2,1H3,(H,16,17)(H,18,19)/t8-/m1/s1. The molecule has 1 aromatic carbocycles. The highest BCUT2D eigenvalue weighted by Crippen LogP contribution is 2.15. The molecular weight excluding hydrogens is 295 g/mol. The quantitative estimate of drug-likeness (QED) is 0.789. The monoisotopic (exact) mass is 307 g/mol. The van der Waals surface area contributed by atoms with E-state index in [0.29, 0.717) is 11.8 Å². The zero-order valence-corrected chi connectivity index (χ0v) is 11.3. The van der Waals surface area contributed by atoms with Crippen LogP contribution in [0.5, 0.6) is 0 Å². The van der Waals surface area contributed by atoms with Gasteiger partial charge in [0.1, 0.15) is 6.04 Å². The van der Waals surface area contributed by atoms with Crippen LogP contribution in [0.2, 0.25) is 0 Å². The molecule has 0 spiro atoms. The number of rotatable bonds is 6. The summed E-state index contributed by atoms with van der Waals surface area (Å²) in [6.45, 7) is 0. The number of aliphatic carboxylic acids is 1. The molecule has 0 bridgehead atoms. The van der Waals surface area contributed by atoms with Gasteiger partial charge in [-0.2, -0.15) is 11.8 Å². The second-order valence-corrected chi connectivity index (χ2v) is 4.85. The Balaban J connectivity index is 2.89. The Morgan fingerprint density at radius 1 is 1.30 bits per heavy atom. The zero-order valence-electron chi connectivity index (χ0n) is 10.5. The fourth-order valence-electron chi connectivity index (χ4n) is 1.43. The van der Waals surface area contributed by atoms with Gasteiger partial charge in [-0.15, -0.1) is 0 Å². The summed E-state index contributed by atoms with van der Waals surface area (Å²) < 4.78 is 39.1. The maximum absolute atomic E-state index is 13.4. The van der Waals surface area contributed by atoms with Crippen molar-refractivity contribution in [1.82, 2.24) is 5.32 Å². The van der Waals surface area contributed by atoms with Crippen LogP contribution >= 0.6 is 11.8 Å². The van der Waals surface area contributed by atoms with E-state index in [1.807, 2.05) is 0 Å². The Hall–Kier alpha value is -1.70. The Morgan fingerprint density at radius 2 is 1.95 bits per heavy atom. The molecule has 0 fully saturated rings. The predicted octanol–water partition coefficient (Wildman–Crippen LogP) is 2.04. The summed E-state index contributed by atoms with van der Waals surface area (Å²) in [5.74, 6) is -6.75. The van der Waals surface area contributed by atoms with Gasteiger partial charge in [0.2, 0.25) is 0 Å². The summed E-state index contributed by atoms with van der Waals surface area (Å²) in [5.41, 5.74) is -0.737. The molecule has 1 atom stereocenters. The van der Waals surface area contributed by atoms with Gasteiger partial charge in [0.15, 0.2) is 17.5 Å². The maximum atomic E-state index is 13.4. The zero-order chi connectivity index (χ0) is 15.3. The number of benzene rings is 1. The average molecular weight is 307 g/mol. The number of halogens is 3. The van der Waals surface area contributed by atoms with Gasteiger partial charge in [-0.05, 0) is 30.6 Å². The van der Waals surface area contributed by atoms with E-state index in [9.17, 15) is 22.8 Å². The smallest absolute Gasteiger partial charge is 0.326 e. The minimum absolute atomic E-state index is 0.132. The normalized spacial score (nSPS) is 12.0. The van der Waals surface area contributed by atoms with Gasteiger partial charge in [-0.1, -0.05) is 0 Å². The largest absolute Gasteiger partial charge is 0.480 e. The van der Waals surface area contributed by atoms with Gasteiger partial charge in [0, 0.05) is 0 Å². The number of carboxylic acid groups (broad SMARTS) is 1. The number of amides is 1. The highest BCUT2D eigenvalue weighted by Gasteiger charge is 2.24. The molecule has 0 aromatic heterocycles. The first-order chi connectivity index (χ1) is 9.38. The highest BCUT2D eigenvalue weighted by atomic mass is 32.2. The Morgan fingerprint density at radius 3 is 2.50 bits per heavy atom. The molecule has 1 rings (SSSR count). The summed E-state index contributed by atoms with van der Waals surface area (Å²) in [7, 11) is 0. The molecule has 1 amide bonds. The van der Waals surface area contributed by atoms with Crippen LogP contribution in [-0.2, 0) is 4.79 Å². The number of hydrogen-bond acceptors (Lipinski definition) is 3. The molecule has 0 unspecified atom stereocenters. The third-order valence-corrected chi connectivity index (χ3v) is 3.14. The van der Waals surface area contributed by atoms with Crippen molar-refractivity contribution in [2.24, 2.45) is 0 Å². The second kappa shape index (κ2) is 7.18. The number of carbonyl (C=O) groups is 2. The molecule has 0 aliphatic rings. The summed E-state index contributed by atoms with van der Waals surface area (Å²) >= 11 is 1.38. The van der Waals surface area contributed by atoms with Crippen molar-refractivity contribution in [3.8, 4) is 0 Å². The Bertz CT molecular complexity index is 525. The van der Waals surface area contributed by atoms with Crippen LogP contribution < -0.4 is 5.32 Å². The van der Waals surface area contributed by atoms with Crippen molar-refractivity contribution in [1.29, 1.82) is 0 Å². The van der Waals surface area contributed by atoms with Crippen molar-refractivity contribution >= 4 is 23.6 Å². The lowest BCUT2D eigenvalue weighted by Gasteiger charge is -2.14. The fourth-order valence-corrected chi connectivity index (χ4v) is 1.90.